The second-order valence-electron chi connectivity index (χ2n) is 8.59. The van der Waals surface area contributed by atoms with Crippen LogP contribution in [0, 0.1) is 13.8 Å². The Bertz CT molecular complexity index is 1390. The van der Waals surface area contributed by atoms with Gasteiger partial charge < -0.3 is 14.3 Å². The second kappa shape index (κ2) is 10.5. The van der Waals surface area contributed by atoms with Crippen molar-refractivity contribution in [1.29, 1.82) is 0 Å². The van der Waals surface area contributed by atoms with E-state index in [2.05, 4.69) is 4.98 Å². The molecule has 0 atom stereocenters. The Kier molecular flexibility index (Phi) is 7.38. The van der Waals surface area contributed by atoms with Gasteiger partial charge in [0.25, 0.3) is 5.56 Å². The third-order valence-electron chi connectivity index (χ3n) is 5.59. The highest BCUT2D eigenvalue weighted by molar-refractivity contribution is 6.30. The van der Waals surface area contributed by atoms with Crippen molar-refractivity contribution in [2.45, 2.75) is 46.8 Å². The van der Waals surface area contributed by atoms with Gasteiger partial charge in [0.2, 0.25) is 5.89 Å². The summed E-state index contributed by atoms with van der Waals surface area (Å²) in [5.41, 5.74) is 2.97. The highest BCUT2D eigenvalue weighted by Crippen LogP contribution is 2.26. The zero-order chi connectivity index (χ0) is 25.1. The van der Waals surface area contributed by atoms with Gasteiger partial charge in [-0.05, 0) is 64.1 Å². The summed E-state index contributed by atoms with van der Waals surface area (Å²) >= 11 is 6.22. The Hall–Kier alpha value is -3.42. The van der Waals surface area contributed by atoms with Gasteiger partial charge in [-0.1, -0.05) is 23.7 Å². The number of ether oxygens (including phenoxy) is 1. The first-order valence-corrected chi connectivity index (χ1v) is 11.8. The molecule has 0 bridgehead atoms. The molecule has 0 unspecified atom stereocenters. The summed E-state index contributed by atoms with van der Waals surface area (Å²) in [7, 11) is 0. The van der Waals surface area contributed by atoms with Crippen molar-refractivity contribution < 1.29 is 14.3 Å². The maximum atomic E-state index is 13.5. The molecule has 35 heavy (non-hydrogen) atoms. The predicted molar refractivity (Wildman–Crippen MR) is 136 cm³/mol. The van der Waals surface area contributed by atoms with Gasteiger partial charge in [-0.15, -0.1) is 0 Å². The van der Waals surface area contributed by atoms with Crippen LogP contribution in [0.1, 0.15) is 36.6 Å². The number of halogens is 1. The molecule has 4 rings (SSSR count). The Morgan fingerprint density at radius 2 is 1.83 bits per heavy atom. The van der Waals surface area contributed by atoms with Crippen molar-refractivity contribution in [1.82, 2.24) is 14.5 Å². The van der Waals surface area contributed by atoms with Gasteiger partial charge in [-0.2, -0.15) is 0 Å². The Morgan fingerprint density at radius 1 is 1.09 bits per heavy atom. The van der Waals surface area contributed by atoms with Gasteiger partial charge in [0.1, 0.15) is 23.0 Å². The first-order valence-electron chi connectivity index (χ1n) is 11.5. The van der Waals surface area contributed by atoms with Crippen LogP contribution in [-0.4, -0.2) is 32.4 Å². The molecule has 2 aromatic carbocycles. The molecular formula is C27H28ClN3O4. The van der Waals surface area contributed by atoms with E-state index in [4.69, 9.17) is 25.7 Å². The van der Waals surface area contributed by atoms with Crippen molar-refractivity contribution in [3.8, 4) is 28.6 Å². The van der Waals surface area contributed by atoms with Crippen molar-refractivity contribution >= 4 is 11.6 Å². The van der Waals surface area contributed by atoms with Crippen LogP contribution in [0.4, 0.5) is 0 Å². The number of oxazole rings is 1. The van der Waals surface area contributed by atoms with Crippen LogP contribution in [0.15, 0.2) is 57.7 Å². The van der Waals surface area contributed by atoms with Crippen LogP contribution in [-0.2, 0) is 13.0 Å². The second-order valence-corrected chi connectivity index (χ2v) is 9.02. The van der Waals surface area contributed by atoms with E-state index in [1.165, 1.54) is 0 Å². The van der Waals surface area contributed by atoms with Crippen molar-refractivity contribution in [2.75, 3.05) is 6.61 Å². The lowest BCUT2D eigenvalue weighted by Gasteiger charge is -2.15. The number of aromatic nitrogens is 3. The molecule has 7 nitrogen and oxygen atoms in total. The van der Waals surface area contributed by atoms with Crippen LogP contribution < -0.4 is 10.3 Å². The lowest BCUT2D eigenvalue weighted by atomic mass is 10.1. The van der Waals surface area contributed by atoms with E-state index in [0.717, 1.165) is 16.9 Å². The Labute approximate surface area is 209 Å². The zero-order valence-electron chi connectivity index (χ0n) is 20.2. The maximum Gasteiger partial charge on any atom is 0.257 e. The average Bonchev–Trinajstić information content (AvgIpc) is 3.18. The van der Waals surface area contributed by atoms with Crippen LogP contribution in [0.25, 0.3) is 22.8 Å². The molecule has 0 aliphatic rings. The topological polar surface area (TPSA) is 90.4 Å². The zero-order valence-corrected chi connectivity index (χ0v) is 21.0. The lowest BCUT2D eigenvalue weighted by Crippen LogP contribution is -2.29. The SMILES string of the molecule is Cc1nc(-c2cccc(Cl)c2)n(Cc2nc(-c3ccc(OC(C)C)cc3)oc2C)c(=O)c1CCO. The molecule has 0 fully saturated rings. The summed E-state index contributed by atoms with van der Waals surface area (Å²) < 4.78 is 13.2. The summed E-state index contributed by atoms with van der Waals surface area (Å²) in [4.78, 5) is 22.9. The fraction of sp³-hybridized carbons (Fsp3) is 0.296. The number of hydrogen-bond donors (Lipinski definition) is 1. The summed E-state index contributed by atoms with van der Waals surface area (Å²) in [6, 6.07) is 14.8. The largest absolute Gasteiger partial charge is 0.491 e. The summed E-state index contributed by atoms with van der Waals surface area (Å²) in [6.45, 7) is 7.57. The van der Waals surface area contributed by atoms with E-state index >= 15 is 0 Å². The monoisotopic (exact) mass is 493 g/mol. The van der Waals surface area contributed by atoms with E-state index in [1.54, 1.807) is 23.6 Å². The minimum atomic E-state index is -0.222. The van der Waals surface area contributed by atoms with Crippen molar-refractivity contribution in [3.63, 3.8) is 0 Å². The van der Waals surface area contributed by atoms with Gasteiger partial charge in [-0.25, -0.2) is 9.97 Å². The van der Waals surface area contributed by atoms with Crippen molar-refractivity contribution in [3.05, 3.63) is 86.6 Å². The number of nitrogens with zero attached hydrogens (tertiary/aromatic N) is 3. The quantitative estimate of drug-likeness (QED) is 0.362. The van der Waals surface area contributed by atoms with Crippen LogP contribution in [0.5, 0.6) is 5.75 Å². The predicted octanol–water partition coefficient (Wildman–Crippen LogP) is 5.21. The molecule has 8 heteroatoms. The van der Waals surface area contributed by atoms with E-state index in [0.29, 0.717) is 39.4 Å². The molecule has 0 saturated heterocycles. The molecule has 2 heterocycles. The fourth-order valence-electron chi connectivity index (χ4n) is 3.89. The van der Waals surface area contributed by atoms with Gasteiger partial charge in [0.15, 0.2) is 0 Å². The maximum absolute atomic E-state index is 13.5. The number of benzene rings is 2. The van der Waals surface area contributed by atoms with Gasteiger partial charge in [0.05, 0.1) is 12.6 Å². The van der Waals surface area contributed by atoms with E-state index in [1.807, 2.05) is 57.2 Å². The number of rotatable bonds is 8. The van der Waals surface area contributed by atoms with E-state index in [9.17, 15) is 9.90 Å². The fourth-order valence-corrected chi connectivity index (χ4v) is 4.08. The molecule has 0 aliphatic carbocycles. The van der Waals surface area contributed by atoms with Gasteiger partial charge in [-0.3, -0.25) is 9.36 Å². The highest BCUT2D eigenvalue weighted by atomic mass is 35.5. The Balaban J connectivity index is 1.75. The standard InChI is InChI=1S/C27H28ClN3O4/c1-16(2)34-22-10-8-19(9-11-22)26-30-24(18(4)35-26)15-31-25(20-6-5-7-21(28)14-20)29-17(3)23(12-13-32)27(31)33/h5-11,14,16,32H,12-13,15H2,1-4H3. The average molecular weight is 494 g/mol. The molecule has 1 N–H and O–H groups in total. The molecule has 4 aromatic rings. The number of aryl methyl sites for hydroxylation is 2. The molecule has 0 spiro atoms. The normalized spacial score (nSPS) is 11.3. The number of hydrogen-bond acceptors (Lipinski definition) is 6. The molecular weight excluding hydrogens is 466 g/mol. The lowest BCUT2D eigenvalue weighted by molar-refractivity contribution is 0.242. The third-order valence-corrected chi connectivity index (χ3v) is 5.82. The van der Waals surface area contributed by atoms with Crippen LogP contribution in [0.2, 0.25) is 5.02 Å². The minimum absolute atomic E-state index is 0.0854. The molecule has 0 saturated carbocycles. The third kappa shape index (κ3) is 5.47. The van der Waals surface area contributed by atoms with E-state index < -0.39 is 0 Å². The number of aliphatic hydroxyl groups excluding tert-OH is 1. The summed E-state index contributed by atoms with van der Waals surface area (Å²) in [5.74, 6) is 2.32. The van der Waals surface area contributed by atoms with Gasteiger partial charge in [0, 0.05) is 40.4 Å². The van der Waals surface area contributed by atoms with Crippen LogP contribution in [0.3, 0.4) is 0 Å². The minimum Gasteiger partial charge on any atom is -0.491 e. The molecule has 0 radical (unpaired) electrons. The number of aliphatic hydroxyl groups is 1. The molecule has 0 amide bonds. The summed E-state index contributed by atoms with van der Waals surface area (Å²) in [6.07, 6.45) is 0.309. The van der Waals surface area contributed by atoms with Gasteiger partial charge >= 0.3 is 0 Å². The molecule has 0 aliphatic heterocycles. The highest BCUT2D eigenvalue weighted by Gasteiger charge is 2.19. The smallest absolute Gasteiger partial charge is 0.257 e. The first-order chi connectivity index (χ1) is 16.8. The van der Waals surface area contributed by atoms with E-state index in [-0.39, 0.29) is 31.2 Å². The molecule has 182 valence electrons. The van der Waals surface area contributed by atoms with Crippen LogP contribution >= 0.6 is 11.6 Å². The molecule has 2 aromatic heterocycles. The van der Waals surface area contributed by atoms with Crippen molar-refractivity contribution in [2.24, 2.45) is 0 Å². The Morgan fingerprint density at radius 3 is 2.49 bits per heavy atom. The first kappa shape index (κ1) is 24.7. The summed E-state index contributed by atoms with van der Waals surface area (Å²) in [5, 5.41) is 10.0.